The number of nitrogens with one attached hydrogen (secondary N) is 1. The van der Waals surface area contributed by atoms with Crippen LogP contribution in [0.25, 0.3) is 0 Å². The highest BCUT2D eigenvalue weighted by atomic mass is 16.5. The molecule has 2 rings (SSSR count). The number of carbonyl (C=O) groups excluding carboxylic acids is 2. The molecule has 0 aliphatic heterocycles. The van der Waals surface area contributed by atoms with E-state index in [1.165, 1.54) is 31.8 Å². The van der Waals surface area contributed by atoms with Crippen LogP contribution in [0.15, 0.2) is 60.9 Å². The van der Waals surface area contributed by atoms with Crippen molar-refractivity contribution in [2.75, 3.05) is 18.5 Å². The lowest BCUT2D eigenvalue weighted by atomic mass is 10.1. The predicted molar refractivity (Wildman–Crippen MR) is 126 cm³/mol. The fourth-order valence-electron chi connectivity index (χ4n) is 3.13. The zero-order valence-corrected chi connectivity index (χ0v) is 18.9. The van der Waals surface area contributed by atoms with Crippen LogP contribution in [0, 0.1) is 0 Å². The number of rotatable bonds is 15. The van der Waals surface area contributed by atoms with E-state index in [0.717, 1.165) is 37.1 Å². The first-order valence-electron chi connectivity index (χ1n) is 11.4. The van der Waals surface area contributed by atoms with Crippen LogP contribution in [0.5, 0.6) is 0 Å². The lowest BCUT2D eigenvalue weighted by Crippen LogP contribution is -2.06. The summed E-state index contributed by atoms with van der Waals surface area (Å²) in [5, 5.41) is 3.40. The molecule has 0 spiro atoms. The Morgan fingerprint density at radius 2 is 1.59 bits per heavy atom. The van der Waals surface area contributed by atoms with Crippen molar-refractivity contribution in [3.8, 4) is 0 Å². The molecule has 2 aromatic rings. The summed E-state index contributed by atoms with van der Waals surface area (Å²) in [6.45, 7) is 3.38. The molecule has 0 bridgehead atoms. The van der Waals surface area contributed by atoms with E-state index in [-0.39, 0.29) is 18.5 Å². The summed E-state index contributed by atoms with van der Waals surface area (Å²) in [6.07, 6.45) is 14.7. The van der Waals surface area contributed by atoms with Gasteiger partial charge in [0.15, 0.2) is 0 Å². The highest BCUT2D eigenvalue weighted by Gasteiger charge is 2.07. The Hall–Kier alpha value is -3.15. The maximum atomic E-state index is 12.1. The Morgan fingerprint density at radius 1 is 0.906 bits per heavy atom. The van der Waals surface area contributed by atoms with Crippen LogP contribution in [0.1, 0.15) is 67.8 Å². The van der Waals surface area contributed by atoms with Crippen LogP contribution in [-0.4, -0.2) is 30.1 Å². The molecule has 6 nitrogen and oxygen atoms in total. The number of nitrogens with zero attached hydrogens (tertiary/aromatic N) is 1. The topological polar surface area (TPSA) is 77.5 Å². The number of hydrogen-bond acceptors (Lipinski definition) is 6. The van der Waals surface area contributed by atoms with Gasteiger partial charge in [0.2, 0.25) is 0 Å². The third kappa shape index (κ3) is 10.8. The monoisotopic (exact) mass is 438 g/mol. The second kappa shape index (κ2) is 15.6. The van der Waals surface area contributed by atoms with Crippen molar-refractivity contribution < 1.29 is 19.1 Å². The first-order chi connectivity index (χ1) is 15.7. The SMILES string of the molecule is CCOC(=O)C=CCCCCCCCCNc1ccc(C(=O)OCc2ccncc2)cc1. The summed E-state index contributed by atoms with van der Waals surface area (Å²) in [4.78, 5) is 27.3. The van der Waals surface area contributed by atoms with Gasteiger partial charge in [-0.3, -0.25) is 4.98 Å². The molecule has 1 aromatic carbocycles. The van der Waals surface area contributed by atoms with Gasteiger partial charge < -0.3 is 14.8 Å². The standard InChI is InChI=1S/C26H34N2O4/c1-2-31-25(29)11-9-7-5-3-4-6-8-10-18-28-24-14-12-23(13-15-24)26(30)32-21-22-16-19-27-20-17-22/h9,11-17,19-20,28H,2-8,10,18,21H2,1H3. The Bertz CT molecular complexity index is 819. The molecule has 0 saturated carbocycles. The molecule has 0 unspecified atom stereocenters. The van der Waals surface area contributed by atoms with E-state index < -0.39 is 0 Å². The summed E-state index contributed by atoms with van der Waals surface area (Å²) in [5.41, 5.74) is 2.46. The summed E-state index contributed by atoms with van der Waals surface area (Å²) < 4.78 is 10.2. The Morgan fingerprint density at radius 3 is 2.31 bits per heavy atom. The van der Waals surface area contributed by atoms with Crippen LogP contribution < -0.4 is 5.32 Å². The third-order valence-corrected chi connectivity index (χ3v) is 4.91. The zero-order valence-electron chi connectivity index (χ0n) is 18.9. The number of aromatic nitrogens is 1. The fourth-order valence-corrected chi connectivity index (χ4v) is 3.13. The molecule has 0 radical (unpaired) electrons. The molecular formula is C26H34N2O4. The lowest BCUT2D eigenvalue weighted by Gasteiger charge is -2.08. The average Bonchev–Trinajstić information content (AvgIpc) is 2.82. The second-order valence-electron chi connectivity index (χ2n) is 7.50. The number of allylic oxidation sites excluding steroid dienone is 1. The molecule has 0 amide bonds. The fraction of sp³-hybridized carbons (Fsp3) is 0.423. The smallest absolute Gasteiger partial charge is 0.338 e. The predicted octanol–water partition coefficient (Wildman–Crippen LogP) is 5.70. The van der Waals surface area contributed by atoms with Crippen molar-refractivity contribution in [3.63, 3.8) is 0 Å². The summed E-state index contributed by atoms with van der Waals surface area (Å²) >= 11 is 0. The molecule has 1 heterocycles. The zero-order chi connectivity index (χ0) is 22.9. The molecule has 0 aliphatic carbocycles. The maximum absolute atomic E-state index is 12.1. The molecule has 0 saturated heterocycles. The van der Waals surface area contributed by atoms with Gasteiger partial charge in [0.25, 0.3) is 0 Å². The van der Waals surface area contributed by atoms with Crippen molar-refractivity contribution in [2.24, 2.45) is 0 Å². The van der Waals surface area contributed by atoms with Gasteiger partial charge >= 0.3 is 11.9 Å². The number of benzene rings is 1. The van der Waals surface area contributed by atoms with Crippen LogP contribution in [0.4, 0.5) is 5.69 Å². The van der Waals surface area contributed by atoms with Crippen LogP contribution in [-0.2, 0) is 20.9 Å². The molecule has 6 heteroatoms. The largest absolute Gasteiger partial charge is 0.463 e. The highest BCUT2D eigenvalue weighted by molar-refractivity contribution is 5.89. The van der Waals surface area contributed by atoms with Crippen molar-refractivity contribution in [1.29, 1.82) is 0 Å². The molecule has 172 valence electrons. The van der Waals surface area contributed by atoms with E-state index in [1.54, 1.807) is 24.5 Å². The van der Waals surface area contributed by atoms with Crippen molar-refractivity contribution >= 4 is 17.6 Å². The molecule has 0 atom stereocenters. The highest BCUT2D eigenvalue weighted by Crippen LogP contribution is 2.13. The number of hydrogen-bond donors (Lipinski definition) is 1. The Balaban J connectivity index is 1.50. The number of unbranched alkanes of at least 4 members (excludes halogenated alkanes) is 6. The van der Waals surface area contributed by atoms with Crippen LogP contribution in [0.3, 0.4) is 0 Å². The van der Waals surface area contributed by atoms with E-state index >= 15 is 0 Å². The van der Waals surface area contributed by atoms with Gasteiger partial charge in [0, 0.05) is 30.7 Å². The normalized spacial score (nSPS) is 10.8. The minimum absolute atomic E-state index is 0.242. The van der Waals surface area contributed by atoms with Crippen molar-refractivity contribution in [1.82, 2.24) is 4.98 Å². The van der Waals surface area contributed by atoms with E-state index in [2.05, 4.69) is 10.3 Å². The first-order valence-corrected chi connectivity index (χ1v) is 11.4. The molecular weight excluding hydrogens is 404 g/mol. The van der Waals surface area contributed by atoms with E-state index in [1.807, 2.05) is 37.3 Å². The Labute approximate surface area is 191 Å². The van der Waals surface area contributed by atoms with Gasteiger partial charge in [-0.1, -0.05) is 31.8 Å². The molecule has 0 aliphatic rings. The van der Waals surface area contributed by atoms with Crippen LogP contribution in [0.2, 0.25) is 0 Å². The molecule has 32 heavy (non-hydrogen) atoms. The van der Waals surface area contributed by atoms with E-state index in [0.29, 0.717) is 12.2 Å². The molecule has 1 aromatic heterocycles. The van der Waals surface area contributed by atoms with E-state index in [4.69, 9.17) is 9.47 Å². The minimum atomic E-state index is -0.329. The number of esters is 2. The lowest BCUT2D eigenvalue weighted by molar-refractivity contribution is -0.137. The average molecular weight is 439 g/mol. The summed E-state index contributed by atoms with van der Waals surface area (Å²) in [6, 6.07) is 11.0. The number of ether oxygens (including phenoxy) is 2. The van der Waals surface area contributed by atoms with E-state index in [9.17, 15) is 9.59 Å². The van der Waals surface area contributed by atoms with Crippen molar-refractivity contribution in [2.45, 2.75) is 58.5 Å². The van der Waals surface area contributed by atoms with Gasteiger partial charge in [-0.25, -0.2) is 9.59 Å². The molecule has 0 fully saturated rings. The minimum Gasteiger partial charge on any atom is -0.463 e. The number of anilines is 1. The molecule has 1 N–H and O–H groups in total. The summed E-state index contributed by atoms with van der Waals surface area (Å²) in [7, 11) is 0. The second-order valence-corrected chi connectivity index (χ2v) is 7.50. The summed E-state index contributed by atoms with van der Waals surface area (Å²) in [5.74, 6) is -0.583. The first kappa shape index (κ1) is 25.1. The van der Waals surface area contributed by atoms with Crippen LogP contribution >= 0.6 is 0 Å². The van der Waals surface area contributed by atoms with Gasteiger partial charge in [-0.15, -0.1) is 0 Å². The number of carbonyl (C=O) groups is 2. The van der Waals surface area contributed by atoms with Crippen molar-refractivity contribution in [3.05, 3.63) is 72.1 Å². The van der Waals surface area contributed by atoms with Gasteiger partial charge in [-0.2, -0.15) is 0 Å². The van der Waals surface area contributed by atoms with Gasteiger partial charge in [-0.05, 0) is 68.1 Å². The maximum Gasteiger partial charge on any atom is 0.338 e. The van der Waals surface area contributed by atoms with Gasteiger partial charge in [0.05, 0.1) is 12.2 Å². The number of pyridine rings is 1. The third-order valence-electron chi connectivity index (χ3n) is 4.91. The van der Waals surface area contributed by atoms with Gasteiger partial charge in [0.1, 0.15) is 6.61 Å². The quantitative estimate of drug-likeness (QED) is 0.218. The Kier molecular flexibility index (Phi) is 12.3.